The molecule has 1 aromatic heterocycles. The summed E-state index contributed by atoms with van der Waals surface area (Å²) < 4.78 is 13.3. The minimum Gasteiger partial charge on any atom is -0.368 e. The van der Waals surface area contributed by atoms with Gasteiger partial charge in [-0.3, -0.25) is 4.79 Å². The van der Waals surface area contributed by atoms with Gasteiger partial charge in [-0.1, -0.05) is 48.0 Å². The fraction of sp³-hybridized carbons (Fsp3) is 0.0870. The second-order valence-electron chi connectivity index (χ2n) is 6.62. The third-order valence-corrected chi connectivity index (χ3v) is 4.72. The summed E-state index contributed by atoms with van der Waals surface area (Å²) >= 11 is 6.15. The van der Waals surface area contributed by atoms with Gasteiger partial charge < -0.3 is 10.6 Å². The lowest BCUT2D eigenvalue weighted by Crippen LogP contribution is -2.29. The third kappa shape index (κ3) is 4.55. The van der Waals surface area contributed by atoms with Crippen molar-refractivity contribution in [2.75, 3.05) is 18.4 Å². The number of anilines is 1. The molecular formula is C23H18ClFN4O. The Labute approximate surface area is 177 Å². The van der Waals surface area contributed by atoms with Gasteiger partial charge in [0.2, 0.25) is 0 Å². The lowest BCUT2D eigenvalue weighted by molar-refractivity contribution is 0.0954. The van der Waals surface area contributed by atoms with E-state index in [-0.39, 0.29) is 11.5 Å². The standard InChI is InChI=1S/C23H18ClFN4O/c24-17-9-10-19-20(14-17)28-21(15-5-2-1-3-6-15)29-22(19)26-11-12-27-23(30)16-7-4-8-18(25)13-16/h1-10,13-14H,11-12H2,(H,27,30)(H,26,28,29). The van der Waals surface area contributed by atoms with Crippen molar-refractivity contribution in [1.82, 2.24) is 15.3 Å². The lowest BCUT2D eigenvalue weighted by atomic mass is 10.2. The molecule has 4 aromatic rings. The summed E-state index contributed by atoms with van der Waals surface area (Å²) in [6.07, 6.45) is 0. The molecule has 0 radical (unpaired) electrons. The first-order valence-corrected chi connectivity index (χ1v) is 9.78. The van der Waals surface area contributed by atoms with Crippen LogP contribution in [-0.4, -0.2) is 29.0 Å². The Balaban J connectivity index is 1.51. The fourth-order valence-electron chi connectivity index (χ4n) is 3.04. The Hall–Kier alpha value is -3.51. The summed E-state index contributed by atoms with van der Waals surface area (Å²) in [5.74, 6) is 0.452. The number of carbonyl (C=O) groups excluding carboxylic acids is 1. The molecule has 0 unspecified atom stereocenters. The van der Waals surface area contributed by atoms with Gasteiger partial charge >= 0.3 is 0 Å². The number of hydrogen-bond donors (Lipinski definition) is 2. The monoisotopic (exact) mass is 420 g/mol. The van der Waals surface area contributed by atoms with E-state index in [4.69, 9.17) is 11.6 Å². The van der Waals surface area contributed by atoms with Gasteiger partial charge in [0, 0.05) is 34.6 Å². The minimum atomic E-state index is -0.444. The Morgan fingerprint density at radius 3 is 2.57 bits per heavy atom. The molecule has 0 bridgehead atoms. The highest BCUT2D eigenvalue weighted by molar-refractivity contribution is 6.31. The van der Waals surface area contributed by atoms with Gasteiger partial charge in [0.1, 0.15) is 11.6 Å². The van der Waals surface area contributed by atoms with Crippen LogP contribution in [-0.2, 0) is 0 Å². The molecule has 0 aliphatic heterocycles. The number of carbonyl (C=O) groups is 1. The number of hydrogen-bond acceptors (Lipinski definition) is 4. The molecule has 0 aliphatic carbocycles. The smallest absolute Gasteiger partial charge is 0.251 e. The van der Waals surface area contributed by atoms with E-state index in [0.717, 1.165) is 16.5 Å². The van der Waals surface area contributed by atoms with Gasteiger partial charge in [0.05, 0.1) is 5.52 Å². The van der Waals surface area contributed by atoms with E-state index in [1.807, 2.05) is 36.4 Å². The Morgan fingerprint density at radius 2 is 1.77 bits per heavy atom. The molecule has 0 saturated heterocycles. The number of nitrogens with one attached hydrogen (secondary N) is 2. The minimum absolute atomic E-state index is 0.281. The number of amides is 1. The molecule has 3 aromatic carbocycles. The highest BCUT2D eigenvalue weighted by Crippen LogP contribution is 2.27. The molecule has 7 heteroatoms. The fourth-order valence-corrected chi connectivity index (χ4v) is 3.21. The molecule has 2 N–H and O–H groups in total. The Kier molecular flexibility index (Phi) is 5.86. The van der Waals surface area contributed by atoms with Crippen LogP contribution in [0.25, 0.3) is 22.3 Å². The van der Waals surface area contributed by atoms with Gasteiger partial charge in [-0.25, -0.2) is 14.4 Å². The zero-order valence-electron chi connectivity index (χ0n) is 15.9. The molecule has 30 heavy (non-hydrogen) atoms. The van der Waals surface area contributed by atoms with Crippen LogP contribution >= 0.6 is 11.6 Å². The molecule has 0 saturated carbocycles. The second-order valence-corrected chi connectivity index (χ2v) is 7.05. The van der Waals surface area contributed by atoms with Crippen molar-refractivity contribution in [1.29, 1.82) is 0 Å². The van der Waals surface area contributed by atoms with Crippen molar-refractivity contribution in [3.63, 3.8) is 0 Å². The number of benzene rings is 3. The summed E-state index contributed by atoms with van der Waals surface area (Å²) in [4.78, 5) is 21.4. The molecular weight excluding hydrogens is 403 g/mol. The second kappa shape index (κ2) is 8.88. The number of fused-ring (bicyclic) bond motifs is 1. The van der Waals surface area contributed by atoms with E-state index in [1.165, 1.54) is 18.2 Å². The summed E-state index contributed by atoms with van der Waals surface area (Å²) in [6, 6.07) is 20.7. The Morgan fingerprint density at radius 1 is 0.933 bits per heavy atom. The van der Waals surface area contributed by atoms with Crippen molar-refractivity contribution in [2.45, 2.75) is 0 Å². The number of rotatable bonds is 6. The average molecular weight is 421 g/mol. The van der Waals surface area contributed by atoms with Gasteiger partial charge in [0.25, 0.3) is 5.91 Å². The normalized spacial score (nSPS) is 10.7. The van der Waals surface area contributed by atoms with Crippen LogP contribution in [0.1, 0.15) is 10.4 Å². The first-order valence-electron chi connectivity index (χ1n) is 9.40. The van der Waals surface area contributed by atoms with Crippen LogP contribution in [0.15, 0.2) is 72.8 Å². The van der Waals surface area contributed by atoms with Crippen LogP contribution in [0.3, 0.4) is 0 Å². The molecule has 1 heterocycles. The van der Waals surface area contributed by atoms with Gasteiger partial charge in [-0.15, -0.1) is 0 Å². The first-order chi connectivity index (χ1) is 14.6. The van der Waals surface area contributed by atoms with E-state index in [1.54, 1.807) is 18.2 Å². The highest BCUT2D eigenvalue weighted by Gasteiger charge is 2.10. The predicted molar refractivity (Wildman–Crippen MR) is 117 cm³/mol. The van der Waals surface area contributed by atoms with Gasteiger partial charge in [-0.05, 0) is 36.4 Å². The molecule has 0 atom stereocenters. The maximum Gasteiger partial charge on any atom is 0.251 e. The van der Waals surface area contributed by atoms with Crippen LogP contribution in [0.4, 0.5) is 10.2 Å². The Bertz CT molecular complexity index is 1200. The molecule has 0 aliphatic rings. The third-order valence-electron chi connectivity index (χ3n) is 4.48. The molecule has 5 nitrogen and oxygen atoms in total. The zero-order valence-corrected chi connectivity index (χ0v) is 16.7. The molecule has 1 amide bonds. The van der Waals surface area contributed by atoms with Crippen LogP contribution in [0.2, 0.25) is 5.02 Å². The van der Waals surface area contributed by atoms with Gasteiger partial charge in [0.15, 0.2) is 5.82 Å². The maximum atomic E-state index is 13.3. The topological polar surface area (TPSA) is 66.9 Å². The predicted octanol–water partition coefficient (Wildman–Crippen LogP) is 4.93. The lowest BCUT2D eigenvalue weighted by Gasteiger charge is -2.12. The maximum absolute atomic E-state index is 13.3. The van der Waals surface area contributed by atoms with Crippen molar-refractivity contribution < 1.29 is 9.18 Å². The summed E-state index contributed by atoms with van der Waals surface area (Å²) in [6.45, 7) is 0.777. The SMILES string of the molecule is O=C(NCCNc1nc(-c2ccccc2)nc2cc(Cl)ccc12)c1cccc(F)c1. The summed E-state index contributed by atoms with van der Waals surface area (Å²) in [5, 5.41) is 7.44. The summed E-state index contributed by atoms with van der Waals surface area (Å²) in [7, 11) is 0. The van der Waals surface area contributed by atoms with Crippen molar-refractivity contribution in [3.05, 3.63) is 89.2 Å². The number of aromatic nitrogens is 2. The molecule has 0 spiro atoms. The largest absolute Gasteiger partial charge is 0.368 e. The average Bonchev–Trinajstić information content (AvgIpc) is 2.76. The van der Waals surface area contributed by atoms with Gasteiger partial charge in [-0.2, -0.15) is 0 Å². The quantitative estimate of drug-likeness (QED) is 0.434. The van der Waals surface area contributed by atoms with E-state index in [9.17, 15) is 9.18 Å². The van der Waals surface area contributed by atoms with Crippen LogP contribution in [0, 0.1) is 5.82 Å². The first kappa shape index (κ1) is 19.8. The zero-order chi connectivity index (χ0) is 20.9. The van der Waals surface area contributed by atoms with Crippen molar-refractivity contribution in [3.8, 4) is 11.4 Å². The van der Waals surface area contributed by atoms with E-state index in [2.05, 4.69) is 20.6 Å². The molecule has 0 fully saturated rings. The number of halogens is 2. The molecule has 150 valence electrons. The van der Waals surface area contributed by atoms with Crippen molar-refractivity contribution >= 4 is 34.2 Å². The highest BCUT2D eigenvalue weighted by atomic mass is 35.5. The summed E-state index contributed by atoms with van der Waals surface area (Å²) in [5.41, 5.74) is 1.90. The van der Waals surface area contributed by atoms with E-state index in [0.29, 0.717) is 29.8 Å². The van der Waals surface area contributed by atoms with E-state index < -0.39 is 5.82 Å². The van der Waals surface area contributed by atoms with Crippen molar-refractivity contribution in [2.24, 2.45) is 0 Å². The number of nitrogens with zero attached hydrogens (tertiary/aromatic N) is 2. The molecule has 4 rings (SSSR count). The van der Waals surface area contributed by atoms with Crippen LogP contribution < -0.4 is 10.6 Å². The van der Waals surface area contributed by atoms with E-state index >= 15 is 0 Å². The van der Waals surface area contributed by atoms with Crippen LogP contribution in [0.5, 0.6) is 0 Å².